The number of halogens is 1. The van der Waals surface area contributed by atoms with E-state index in [0.29, 0.717) is 17.6 Å². The lowest BCUT2D eigenvalue weighted by atomic mass is 9.77. The van der Waals surface area contributed by atoms with Crippen LogP contribution in [0.15, 0.2) is 53.0 Å². The minimum Gasteiger partial charge on any atom is -0.508 e. The predicted molar refractivity (Wildman–Crippen MR) is 109 cm³/mol. The molecule has 2 N–H and O–H groups in total. The molecule has 26 heavy (non-hydrogen) atoms. The highest BCUT2D eigenvalue weighted by molar-refractivity contribution is 9.10. The Morgan fingerprint density at radius 2 is 2.08 bits per heavy atom. The van der Waals surface area contributed by atoms with Crippen LogP contribution in [0.2, 0.25) is 0 Å². The first-order valence-electron chi connectivity index (χ1n) is 9.29. The Balaban J connectivity index is 1.71. The number of nitrogens with one attached hydrogen (secondary N) is 1. The molecule has 0 radical (unpaired) electrons. The van der Waals surface area contributed by atoms with E-state index in [4.69, 9.17) is 4.74 Å². The van der Waals surface area contributed by atoms with E-state index in [1.54, 1.807) is 6.07 Å². The van der Waals surface area contributed by atoms with Gasteiger partial charge in [-0.3, -0.25) is 0 Å². The van der Waals surface area contributed by atoms with E-state index in [0.717, 1.165) is 34.3 Å². The largest absolute Gasteiger partial charge is 0.508 e. The highest BCUT2D eigenvalue weighted by atomic mass is 79.9. The molecular weight excluding hydrogens is 390 g/mol. The highest BCUT2D eigenvalue weighted by Gasteiger charge is 2.39. The molecule has 1 aliphatic carbocycles. The summed E-state index contributed by atoms with van der Waals surface area (Å²) in [5.41, 5.74) is 3.36. The lowest BCUT2D eigenvalue weighted by Crippen LogP contribution is -2.29. The van der Waals surface area contributed by atoms with E-state index in [2.05, 4.69) is 59.4 Å². The van der Waals surface area contributed by atoms with Gasteiger partial charge in [0.25, 0.3) is 0 Å². The van der Waals surface area contributed by atoms with Crippen molar-refractivity contribution in [1.82, 2.24) is 0 Å². The molecule has 136 valence electrons. The molecular formula is C22H24BrNO2. The van der Waals surface area contributed by atoms with Crippen molar-refractivity contribution in [1.29, 1.82) is 0 Å². The number of benzene rings is 2. The maximum absolute atomic E-state index is 10.4. The van der Waals surface area contributed by atoms with Crippen molar-refractivity contribution in [3.05, 3.63) is 64.1 Å². The normalized spacial score (nSPS) is 24.5. The van der Waals surface area contributed by atoms with Crippen molar-refractivity contribution in [2.45, 2.75) is 44.8 Å². The van der Waals surface area contributed by atoms with Crippen molar-refractivity contribution in [3.8, 4) is 11.5 Å². The number of phenols is 1. The van der Waals surface area contributed by atoms with Crippen LogP contribution in [-0.2, 0) is 0 Å². The second kappa shape index (κ2) is 6.99. The first-order chi connectivity index (χ1) is 12.6. The number of hydrogen-bond acceptors (Lipinski definition) is 3. The number of hydrogen-bond donors (Lipinski definition) is 2. The van der Waals surface area contributed by atoms with Crippen molar-refractivity contribution >= 4 is 21.6 Å². The maximum atomic E-state index is 10.4. The number of ether oxygens (including phenoxy) is 1. The Bertz CT molecular complexity index is 848. The molecule has 0 saturated carbocycles. The van der Waals surface area contributed by atoms with E-state index in [9.17, 15) is 5.11 Å². The molecule has 2 aromatic carbocycles. The van der Waals surface area contributed by atoms with E-state index in [-0.39, 0.29) is 12.1 Å². The van der Waals surface area contributed by atoms with Gasteiger partial charge in [-0.15, -0.1) is 0 Å². The topological polar surface area (TPSA) is 41.5 Å². The van der Waals surface area contributed by atoms with Gasteiger partial charge < -0.3 is 15.2 Å². The number of anilines is 1. The lowest BCUT2D eigenvalue weighted by Gasteiger charge is -2.38. The molecule has 4 unspecified atom stereocenters. The smallest absolute Gasteiger partial charge is 0.120 e. The van der Waals surface area contributed by atoms with Crippen LogP contribution < -0.4 is 10.1 Å². The summed E-state index contributed by atoms with van der Waals surface area (Å²) in [6.45, 7) is 4.23. The van der Waals surface area contributed by atoms with Crippen LogP contribution in [0.25, 0.3) is 0 Å². The lowest BCUT2D eigenvalue weighted by molar-refractivity contribution is 0.217. The monoisotopic (exact) mass is 413 g/mol. The van der Waals surface area contributed by atoms with Crippen LogP contribution in [0.1, 0.15) is 49.8 Å². The molecule has 0 amide bonds. The highest BCUT2D eigenvalue weighted by Crippen LogP contribution is 2.51. The molecule has 0 aromatic heterocycles. The van der Waals surface area contributed by atoms with Gasteiger partial charge in [0.2, 0.25) is 0 Å². The van der Waals surface area contributed by atoms with Gasteiger partial charge in [-0.2, -0.15) is 0 Å². The number of fused-ring (bicyclic) bond motifs is 3. The molecule has 4 rings (SSSR count). The Morgan fingerprint density at radius 1 is 1.23 bits per heavy atom. The molecule has 0 fully saturated rings. The average molecular weight is 414 g/mol. The standard InChI is InChI=1S/C22H24BrNO2/c1-3-13(2)26-15-8-9-20-18(12-15)16-5-4-6-17(16)22(24-20)19-11-14(23)7-10-21(19)25/h4-5,7-13,16-17,22,24-25H,3,6H2,1-2H3. The number of phenolic OH excluding ortho intramolecular Hbond substituents is 1. The Morgan fingerprint density at radius 3 is 2.88 bits per heavy atom. The zero-order valence-electron chi connectivity index (χ0n) is 15.1. The third-order valence-electron chi connectivity index (χ3n) is 5.57. The second-order valence-electron chi connectivity index (χ2n) is 7.26. The first-order valence-corrected chi connectivity index (χ1v) is 10.1. The third kappa shape index (κ3) is 3.11. The van der Waals surface area contributed by atoms with Gasteiger partial charge in [-0.25, -0.2) is 0 Å². The summed E-state index contributed by atoms with van der Waals surface area (Å²) in [5, 5.41) is 14.1. The van der Waals surface area contributed by atoms with Crippen molar-refractivity contribution < 1.29 is 9.84 Å². The fourth-order valence-corrected chi connectivity index (χ4v) is 4.42. The molecule has 4 heteroatoms. The van der Waals surface area contributed by atoms with Crippen LogP contribution in [0.5, 0.6) is 11.5 Å². The SMILES string of the molecule is CCC(C)Oc1ccc2c(c1)C1C=CCC1C(c1cc(Br)ccc1O)N2. The number of aromatic hydroxyl groups is 1. The van der Waals surface area contributed by atoms with Gasteiger partial charge >= 0.3 is 0 Å². The molecule has 0 saturated heterocycles. The summed E-state index contributed by atoms with van der Waals surface area (Å²) in [5.74, 6) is 2.01. The second-order valence-corrected chi connectivity index (χ2v) is 8.18. The van der Waals surface area contributed by atoms with Gasteiger partial charge in [-0.1, -0.05) is 35.0 Å². The van der Waals surface area contributed by atoms with Crippen LogP contribution in [0.4, 0.5) is 5.69 Å². The number of allylic oxidation sites excluding steroid dienone is 2. The van der Waals surface area contributed by atoms with Crippen molar-refractivity contribution in [2.24, 2.45) is 5.92 Å². The summed E-state index contributed by atoms with van der Waals surface area (Å²) >= 11 is 3.54. The Kier molecular flexibility index (Phi) is 4.70. The number of rotatable bonds is 4. The predicted octanol–water partition coefficient (Wildman–Crippen LogP) is 6.16. The molecule has 0 spiro atoms. The molecule has 1 aliphatic heterocycles. The third-order valence-corrected chi connectivity index (χ3v) is 6.06. The van der Waals surface area contributed by atoms with Crippen molar-refractivity contribution in [3.63, 3.8) is 0 Å². The van der Waals surface area contributed by atoms with E-state index in [1.165, 1.54) is 5.56 Å². The van der Waals surface area contributed by atoms with Gasteiger partial charge in [0.1, 0.15) is 11.5 Å². The molecule has 1 heterocycles. The van der Waals surface area contributed by atoms with Gasteiger partial charge in [0.15, 0.2) is 0 Å². The Labute approximate surface area is 163 Å². The molecule has 0 bridgehead atoms. The summed E-state index contributed by atoms with van der Waals surface area (Å²) < 4.78 is 7.01. The molecule has 2 aliphatic rings. The van der Waals surface area contributed by atoms with Crippen LogP contribution in [-0.4, -0.2) is 11.2 Å². The van der Waals surface area contributed by atoms with Gasteiger partial charge in [-0.05, 0) is 67.6 Å². The summed E-state index contributed by atoms with van der Waals surface area (Å²) in [4.78, 5) is 0. The minimum absolute atomic E-state index is 0.0846. The zero-order chi connectivity index (χ0) is 18.3. The molecule has 4 atom stereocenters. The fourth-order valence-electron chi connectivity index (χ4n) is 4.04. The Hall–Kier alpha value is -1.94. The minimum atomic E-state index is 0.0846. The quantitative estimate of drug-likeness (QED) is 0.589. The van der Waals surface area contributed by atoms with E-state index < -0.39 is 0 Å². The van der Waals surface area contributed by atoms with Gasteiger partial charge in [0, 0.05) is 21.6 Å². The molecule has 3 nitrogen and oxygen atoms in total. The molecule has 2 aromatic rings. The first kappa shape index (κ1) is 17.5. The average Bonchev–Trinajstić information content (AvgIpc) is 3.13. The zero-order valence-corrected chi connectivity index (χ0v) is 16.7. The summed E-state index contributed by atoms with van der Waals surface area (Å²) in [7, 11) is 0. The van der Waals surface area contributed by atoms with Gasteiger partial charge in [0.05, 0.1) is 12.1 Å². The fraction of sp³-hybridized carbons (Fsp3) is 0.364. The van der Waals surface area contributed by atoms with Crippen molar-refractivity contribution in [2.75, 3.05) is 5.32 Å². The summed E-state index contributed by atoms with van der Waals surface area (Å²) in [6, 6.07) is 12.1. The van der Waals surface area contributed by atoms with Crippen LogP contribution in [0, 0.1) is 5.92 Å². The van der Waals surface area contributed by atoms with Crippen LogP contribution in [0.3, 0.4) is 0 Å². The van der Waals surface area contributed by atoms with E-state index >= 15 is 0 Å². The van der Waals surface area contributed by atoms with Crippen LogP contribution >= 0.6 is 15.9 Å². The maximum Gasteiger partial charge on any atom is 0.120 e. The summed E-state index contributed by atoms with van der Waals surface area (Å²) in [6.07, 6.45) is 6.77. The van der Waals surface area contributed by atoms with E-state index in [1.807, 2.05) is 18.2 Å².